The van der Waals surface area contributed by atoms with Gasteiger partial charge in [0.05, 0.1) is 26.9 Å². The number of pyridine rings is 1. The van der Waals surface area contributed by atoms with Crippen molar-refractivity contribution in [3.05, 3.63) is 53.2 Å². The molecule has 2 heterocycles. The van der Waals surface area contributed by atoms with Crippen molar-refractivity contribution in [2.24, 2.45) is 4.99 Å². The molecule has 0 radical (unpaired) electrons. The fourth-order valence-electron chi connectivity index (χ4n) is 3.12. The average Bonchev–Trinajstić information content (AvgIpc) is 3.24. The van der Waals surface area contributed by atoms with Crippen molar-refractivity contribution in [1.82, 2.24) is 15.6 Å². The fourth-order valence-corrected chi connectivity index (χ4v) is 3.12. The van der Waals surface area contributed by atoms with Gasteiger partial charge in [-0.3, -0.25) is 0 Å². The highest BCUT2D eigenvalue weighted by Gasteiger charge is 2.18. The fraction of sp³-hybridized carbons (Fsp3) is 0.455. The minimum absolute atomic E-state index is 0.121. The Balaban J connectivity index is 1.68. The van der Waals surface area contributed by atoms with E-state index in [1.54, 1.807) is 13.3 Å². The van der Waals surface area contributed by atoms with Gasteiger partial charge in [0.2, 0.25) is 5.88 Å². The van der Waals surface area contributed by atoms with Crippen LogP contribution in [0.5, 0.6) is 11.6 Å². The molecule has 0 spiro atoms. The molecule has 1 fully saturated rings. The molecule has 2 N–H and O–H groups in total. The monoisotopic (exact) mass is 398 g/mol. The van der Waals surface area contributed by atoms with Gasteiger partial charge < -0.3 is 24.8 Å². The normalized spacial score (nSPS) is 16.5. The third kappa shape index (κ3) is 6.09. The van der Waals surface area contributed by atoms with Crippen molar-refractivity contribution in [1.29, 1.82) is 0 Å². The highest BCUT2D eigenvalue weighted by Crippen LogP contribution is 2.24. The van der Waals surface area contributed by atoms with Crippen LogP contribution in [0.2, 0.25) is 0 Å². The number of hydrogen-bond donors (Lipinski definition) is 2. The van der Waals surface area contributed by atoms with Crippen molar-refractivity contribution in [2.75, 3.05) is 26.9 Å². The summed E-state index contributed by atoms with van der Waals surface area (Å²) in [5.41, 5.74) is 3.20. The van der Waals surface area contributed by atoms with Crippen molar-refractivity contribution in [3.63, 3.8) is 0 Å². The smallest absolute Gasteiger partial charge is 0.218 e. The molecule has 2 aromatic rings. The number of guanidine groups is 1. The van der Waals surface area contributed by atoms with E-state index < -0.39 is 0 Å². The van der Waals surface area contributed by atoms with Crippen molar-refractivity contribution >= 4 is 5.96 Å². The quantitative estimate of drug-likeness (QED) is 0.526. The molecule has 1 saturated heterocycles. The van der Waals surface area contributed by atoms with Crippen LogP contribution in [0.1, 0.15) is 30.0 Å². The number of aryl methyl sites for hydroxylation is 1. The van der Waals surface area contributed by atoms with Gasteiger partial charge in [-0.2, -0.15) is 0 Å². The zero-order valence-electron chi connectivity index (χ0n) is 17.4. The van der Waals surface area contributed by atoms with Crippen LogP contribution in [0.3, 0.4) is 0 Å². The SMILES string of the molecule is CCNC(=NCc1cccnc1OC)NCc1ccc(C)cc1OC1CCOC1. The largest absolute Gasteiger partial charge is 0.488 e. The standard InChI is InChI=1S/C22H30N4O3/c1-4-23-22(26-14-18-6-5-10-24-21(18)27-3)25-13-17-8-7-16(2)12-20(17)29-19-9-11-28-15-19/h5-8,10,12,19H,4,9,11,13-15H2,1-3H3,(H2,23,25,26). The van der Waals surface area contributed by atoms with Crippen LogP contribution < -0.4 is 20.1 Å². The molecule has 7 nitrogen and oxygen atoms in total. The highest BCUT2D eigenvalue weighted by atomic mass is 16.5. The Morgan fingerprint density at radius 2 is 2.17 bits per heavy atom. The predicted octanol–water partition coefficient (Wildman–Crippen LogP) is 2.82. The second-order valence-corrected chi connectivity index (χ2v) is 6.94. The summed E-state index contributed by atoms with van der Waals surface area (Å²) in [6.45, 7) is 7.39. The first-order valence-corrected chi connectivity index (χ1v) is 10.0. The molecule has 1 atom stereocenters. The van der Waals surface area contributed by atoms with Gasteiger partial charge in [-0.15, -0.1) is 0 Å². The van der Waals surface area contributed by atoms with Crippen LogP contribution >= 0.6 is 0 Å². The van der Waals surface area contributed by atoms with E-state index in [4.69, 9.17) is 14.2 Å². The van der Waals surface area contributed by atoms with Crippen molar-refractivity contribution in [2.45, 2.75) is 39.5 Å². The topological polar surface area (TPSA) is 77.0 Å². The molecule has 7 heteroatoms. The average molecular weight is 399 g/mol. The molecule has 1 unspecified atom stereocenters. The summed E-state index contributed by atoms with van der Waals surface area (Å²) in [6, 6.07) is 10.1. The molecule has 3 rings (SSSR count). The van der Waals surface area contributed by atoms with Crippen LogP contribution in [0, 0.1) is 6.92 Å². The number of ether oxygens (including phenoxy) is 3. The third-order valence-corrected chi connectivity index (χ3v) is 4.65. The van der Waals surface area contributed by atoms with E-state index in [9.17, 15) is 0 Å². The summed E-state index contributed by atoms with van der Waals surface area (Å²) < 4.78 is 16.9. The lowest BCUT2D eigenvalue weighted by Gasteiger charge is -2.18. The van der Waals surface area contributed by atoms with E-state index in [0.29, 0.717) is 25.6 Å². The number of rotatable bonds is 8. The molecular weight excluding hydrogens is 368 g/mol. The van der Waals surface area contributed by atoms with E-state index in [1.807, 2.05) is 19.1 Å². The molecule has 1 aromatic carbocycles. The molecule has 0 bridgehead atoms. The number of nitrogens with zero attached hydrogens (tertiary/aromatic N) is 2. The van der Waals surface area contributed by atoms with E-state index in [1.165, 1.54) is 5.56 Å². The Hall–Kier alpha value is -2.80. The van der Waals surface area contributed by atoms with E-state index in [-0.39, 0.29) is 6.10 Å². The maximum Gasteiger partial charge on any atom is 0.218 e. The van der Waals surface area contributed by atoms with Crippen LogP contribution in [-0.4, -0.2) is 43.9 Å². The summed E-state index contributed by atoms with van der Waals surface area (Å²) in [5.74, 6) is 2.23. The first-order chi connectivity index (χ1) is 14.2. The molecule has 0 saturated carbocycles. The van der Waals surface area contributed by atoms with E-state index in [0.717, 1.165) is 42.4 Å². The van der Waals surface area contributed by atoms with Gasteiger partial charge in [-0.05, 0) is 31.5 Å². The van der Waals surface area contributed by atoms with E-state index in [2.05, 4.69) is 45.7 Å². The minimum Gasteiger partial charge on any atom is -0.488 e. The van der Waals surface area contributed by atoms with Crippen molar-refractivity contribution < 1.29 is 14.2 Å². The van der Waals surface area contributed by atoms with Crippen LogP contribution in [0.25, 0.3) is 0 Å². The van der Waals surface area contributed by atoms with Gasteiger partial charge in [0.15, 0.2) is 5.96 Å². The number of aromatic nitrogens is 1. The Bertz CT molecular complexity index is 819. The van der Waals surface area contributed by atoms with Gasteiger partial charge in [0.25, 0.3) is 0 Å². The van der Waals surface area contributed by atoms with Gasteiger partial charge >= 0.3 is 0 Å². The molecule has 1 aliphatic heterocycles. The zero-order valence-corrected chi connectivity index (χ0v) is 17.4. The summed E-state index contributed by atoms with van der Waals surface area (Å²) in [6.07, 6.45) is 2.76. The maximum absolute atomic E-state index is 6.19. The number of methoxy groups -OCH3 is 1. The van der Waals surface area contributed by atoms with Gasteiger partial charge in [0.1, 0.15) is 11.9 Å². The minimum atomic E-state index is 0.121. The first kappa shape index (κ1) is 20.9. The van der Waals surface area contributed by atoms with Crippen LogP contribution in [-0.2, 0) is 17.8 Å². The molecule has 29 heavy (non-hydrogen) atoms. The van der Waals surface area contributed by atoms with Gasteiger partial charge in [-0.25, -0.2) is 9.98 Å². The van der Waals surface area contributed by atoms with Crippen LogP contribution in [0.4, 0.5) is 0 Å². The summed E-state index contributed by atoms with van der Waals surface area (Å²) in [7, 11) is 1.62. The number of aliphatic imine (C=N–C) groups is 1. The molecular formula is C22H30N4O3. The Labute approximate surface area is 172 Å². The second-order valence-electron chi connectivity index (χ2n) is 6.94. The van der Waals surface area contributed by atoms with Crippen molar-refractivity contribution in [3.8, 4) is 11.6 Å². The molecule has 0 aliphatic carbocycles. The molecule has 156 valence electrons. The first-order valence-electron chi connectivity index (χ1n) is 10.0. The van der Waals surface area contributed by atoms with E-state index >= 15 is 0 Å². The number of hydrogen-bond acceptors (Lipinski definition) is 5. The number of benzene rings is 1. The predicted molar refractivity (Wildman–Crippen MR) is 113 cm³/mol. The second kappa shape index (κ2) is 10.7. The molecule has 1 aromatic heterocycles. The van der Waals surface area contributed by atoms with Gasteiger partial charge in [0, 0.05) is 36.8 Å². The summed E-state index contributed by atoms with van der Waals surface area (Å²) in [4.78, 5) is 8.90. The lowest BCUT2D eigenvalue weighted by Crippen LogP contribution is -2.37. The Morgan fingerprint density at radius 1 is 1.28 bits per heavy atom. The Kier molecular flexibility index (Phi) is 7.69. The molecule has 0 amide bonds. The Morgan fingerprint density at radius 3 is 2.93 bits per heavy atom. The molecule has 1 aliphatic rings. The van der Waals surface area contributed by atoms with Crippen LogP contribution in [0.15, 0.2) is 41.5 Å². The van der Waals surface area contributed by atoms with Gasteiger partial charge in [-0.1, -0.05) is 18.2 Å². The lowest BCUT2D eigenvalue weighted by atomic mass is 10.1. The summed E-state index contributed by atoms with van der Waals surface area (Å²) >= 11 is 0. The third-order valence-electron chi connectivity index (χ3n) is 4.65. The number of nitrogens with one attached hydrogen (secondary N) is 2. The lowest BCUT2D eigenvalue weighted by molar-refractivity contribution is 0.140. The zero-order chi connectivity index (χ0) is 20.5. The highest BCUT2D eigenvalue weighted by molar-refractivity contribution is 5.79. The maximum atomic E-state index is 6.19. The summed E-state index contributed by atoms with van der Waals surface area (Å²) in [5, 5.41) is 6.68.